The van der Waals surface area contributed by atoms with E-state index in [-0.39, 0.29) is 0 Å². The Morgan fingerprint density at radius 2 is 0.903 bits per heavy atom. The van der Waals surface area contributed by atoms with Crippen LogP contribution in [0.3, 0.4) is 0 Å². The number of fused-ring (bicyclic) bond motifs is 11. The number of rotatable bonds is 5. The van der Waals surface area contributed by atoms with Crippen molar-refractivity contribution in [1.82, 2.24) is 24.1 Å². The molecule has 5 nitrogen and oxygen atoms in total. The largest absolute Gasteiger partial charge is 0.309 e. The van der Waals surface area contributed by atoms with Crippen molar-refractivity contribution in [1.29, 1.82) is 0 Å². The Bertz CT molecular complexity index is 3920. The van der Waals surface area contributed by atoms with Gasteiger partial charge in [-0.15, -0.1) is 0 Å². The van der Waals surface area contributed by atoms with Gasteiger partial charge < -0.3 is 9.13 Å². The predicted molar refractivity (Wildman–Crippen MR) is 257 cm³/mol. The van der Waals surface area contributed by atoms with Crippen molar-refractivity contribution in [2.75, 3.05) is 0 Å². The van der Waals surface area contributed by atoms with Crippen LogP contribution in [0.4, 0.5) is 0 Å². The van der Waals surface area contributed by atoms with Crippen LogP contribution in [0.5, 0.6) is 0 Å². The fraction of sp³-hybridized carbons (Fsp3) is 0. The highest BCUT2D eigenvalue weighted by Gasteiger charge is 2.24. The van der Waals surface area contributed by atoms with Gasteiger partial charge in [-0.1, -0.05) is 164 Å². The second-order valence-corrected chi connectivity index (χ2v) is 16.0. The monoisotopic (exact) mass is 789 g/mol. The van der Waals surface area contributed by atoms with E-state index in [1.54, 1.807) is 0 Å². The Morgan fingerprint density at radius 1 is 0.306 bits per heavy atom. The lowest BCUT2D eigenvalue weighted by atomic mass is 10.0. The zero-order valence-electron chi connectivity index (χ0n) is 33.4. The average Bonchev–Trinajstić information content (AvgIpc) is 3.87. The molecule has 62 heavy (non-hydrogen) atoms. The van der Waals surface area contributed by atoms with Gasteiger partial charge in [-0.25, -0.2) is 15.0 Å². The van der Waals surface area contributed by atoms with Gasteiger partial charge in [-0.3, -0.25) is 0 Å². The molecule has 13 aromatic rings. The van der Waals surface area contributed by atoms with Crippen LogP contribution in [-0.2, 0) is 0 Å². The molecular formula is C57H35N5. The molecule has 0 N–H and O–H groups in total. The molecule has 0 spiro atoms. The smallest absolute Gasteiger partial charge is 0.164 e. The molecule has 10 aromatic carbocycles. The number of nitrogens with zero attached hydrogens (tertiary/aromatic N) is 5. The number of hydrogen-bond donors (Lipinski definition) is 0. The maximum Gasteiger partial charge on any atom is 0.164 e. The van der Waals surface area contributed by atoms with Gasteiger partial charge in [-0.2, -0.15) is 0 Å². The van der Waals surface area contributed by atoms with Crippen molar-refractivity contribution in [3.63, 3.8) is 0 Å². The summed E-state index contributed by atoms with van der Waals surface area (Å²) in [5.41, 5.74) is 9.75. The summed E-state index contributed by atoms with van der Waals surface area (Å²) >= 11 is 0. The molecule has 0 amide bonds. The summed E-state index contributed by atoms with van der Waals surface area (Å²) in [6, 6.07) is 75.7. The van der Waals surface area contributed by atoms with E-state index in [4.69, 9.17) is 15.0 Å². The molecule has 13 rings (SSSR count). The topological polar surface area (TPSA) is 48.5 Å². The highest BCUT2D eigenvalue weighted by atomic mass is 15.0. The van der Waals surface area contributed by atoms with Gasteiger partial charge in [0.2, 0.25) is 0 Å². The third-order valence-corrected chi connectivity index (χ3v) is 12.5. The fourth-order valence-electron chi connectivity index (χ4n) is 9.77. The van der Waals surface area contributed by atoms with Gasteiger partial charge in [0.25, 0.3) is 0 Å². The molecule has 0 atom stereocenters. The first-order valence-electron chi connectivity index (χ1n) is 21.0. The number of aromatic nitrogens is 5. The van der Waals surface area contributed by atoms with E-state index in [0.717, 1.165) is 55.3 Å². The summed E-state index contributed by atoms with van der Waals surface area (Å²) in [6.45, 7) is 0. The molecule has 0 aliphatic heterocycles. The number of hydrogen-bond acceptors (Lipinski definition) is 3. The molecule has 5 heteroatoms. The number of benzene rings is 10. The molecule has 0 fully saturated rings. The maximum atomic E-state index is 5.24. The predicted octanol–water partition coefficient (Wildman–Crippen LogP) is 14.5. The van der Waals surface area contributed by atoms with Crippen LogP contribution < -0.4 is 0 Å². The molecule has 3 aromatic heterocycles. The first kappa shape index (κ1) is 34.5. The summed E-state index contributed by atoms with van der Waals surface area (Å²) in [5, 5.41) is 11.9. The van der Waals surface area contributed by atoms with Gasteiger partial charge in [0.1, 0.15) is 0 Å². The second kappa shape index (κ2) is 13.6. The zero-order chi connectivity index (χ0) is 40.7. The highest BCUT2D eigenvalue weighted by molar-refractivity contribution is 6.31. The van der Waals surface area contributed by atoms with E-state index in [9.17, 15) is 0 Å². The van der Waals surface area contributed by atoms with E-state index in [1.807, 2.05) is 18.2 Å². The highest BCUT2D eigenvalue weighted by Crippen LogP contribution is 2.45. The summed E-state index contributed by atoms with van der Waals surface area (Å²) in [4.78, 5) is 15.5. The Morgan fingerprint density at radius 3 is 1.73 bits per heavy atom. The molecule has 0 saturated heterocycles. The van der Waals surface area contributed by atoms with Crippen molar-refractivity contribution < 1.29 is 0 Å². The molecule has 3 heterocycles. The van der Waals surface area contributed by atoms with E-state index in [0.29, 0.717) is 17.5 Å². The quantitative estimate of drug-likeness (QED) is 0.174. The van der Waals surface area contributed by atoms with Crippen molar-refractivity contribution in [2.45, 2.75) is 0 Å². The van der Waals surface area contributed by atoms with Crippen molar-refractivity contribution in [2.24, 2.45) is 0 Å². The van der Waals surface area contributed by atoms with Crippen LogP contribution in [0.15, 0.2) is 212 Å². The summed E-state index contributed by atoms with van der Waals surface area (Å²) in [7, 11) is 0. The molecule has 0 radical (unpaired) electrons. The van der Waals surface area contributed by atoms with Gasteiger partial charge >= 0.3 is 0 Å². The molecule has 0 aliphatic carbocycles. The van der Waals surface area contributed by atoms with Crippen LogP contribution in [0.25, 0.3) is 121 Å². The molecule has 0 bridgehead atoms. The molecule has 0 aliphatic rings. The summed E-state index contributed by atoms with van der Waals surface area (Å²) in [6.07, 6.45) is 0. The van der Waals surface area contributed by atoms with Crippen molar-refractivity contribution in [3.8, 4) is 45.5 Å². The third-order valence-electron chi connectivity index (χ3n) is 12.5. The number of para-hydroxylation sites is 2. The lowest BCUT2D eigenvalue weighted by Crippen LogP contribution is -2.02. The van der Waals surface area contributed by atoms with E-state index >= 15 is 0 Å². The molecular weight excluding hydrogens is 755 g/mol. The van der Waals surface area contributed by atoms with Crippen molar-refractivity contribution >= 4 is 75.9 Å². The SMILES string of the molecule is c1ccc(-c2nc(-c3ccc4ccccc4c3)nc(-c3ccc(-n4c5ccc6ccccc6c5c5c4ccc4c6ccccc6n(-c6ccccc6)c45)c4ccccc34)n2)cc1. The minimum atomic E-state index is 0.632. The van der Waals surface area contributed by atoms with E-state index in [1.165, 1.54) is 48.7 Å². The lowest BCUT2D eigenvalue weighted by molar-refractivity contribution is 1.08. The Hall–Kier alpha value is -8.41. The van der Waals surface area contributed by atoms with Crippen LogP contribution in [0.2, 0.25) is 0 Å². The van der Waals surface area contributed by atoms with Gasteiger partial charge in [0.15, 0.2) is 17.5 Å². The van der Waals surface area contributed by atoms with Gasteiger partial charge in [0.05, 0.1) is 27.8 Å². The van der Waals surface area contributed by atoms with Crippen LogP contribution >= 0.6 is 0 Å². The zero-order valence-corrected chi connectivity index (χ0v) is 33.4. The first-order valence-corrected chi connectivity index (χ1v) is 21.0. The van der Waals surface area contributed by atoms with E-state index < -0.39 is 0 Å². The van der Waals surface area contributed by atoms with E-state index in [2.05, 4.69) is 203 Å². The van der Waals surface area contributed by atoms with Crippen LogP contribution in [0, 0.1) is 0 Å². The van der Waals surface area contributed by atoms with Gasteiger partial charge in [-0.05, 0) is 75.5 Å². The van der Waals surface area contributed by atoms with Gasteiger partial charge in [0, 0.05) is 49.3 Å². The molecule has 0 saturated carbocycles. The van der Waals surface area contributed by atoms with Crippen LogP contribution in [0.1, 0.15) is 0 Å². The average molecular weight is 790 g/mol. The van der Waals surface area contributed by atoms with Crippen molar-refractivity contribution in [3.05, 3.63) is 212 Å². The summed E-state index contributed by atoms with van der Waals surface area (Å²) < 4.78 is 4.93. The summed E-state index contributed by atoms with van der Waals surface area (Å²) in [5.74, 6) is 1.91. The maximum absolute atomic E-state index is 5.24. The third kappa shape index (κ3) is 5.18. The molecule has 0 unspecified atom stereocenters. The minimum Gasteiger partial charge on any atom is -0.309 e. The normalized spacial score (nSPS) is 11.9. The lowest BCUT2D eigenvalue weighted by Gasteiger charge is -2.15. The minimum absolute atomic E-state index is 0.632. The van der Waals surface area contributed by atoms with Crippen LogP contribution in [-0.4, -0.2) is 24.1 Å². The second-order valence-electron chi connectivity index (χ2n) is 16.0. The Labute approximate surface area is 356 Å². The first-order chi connectivity index (χ1) is 30.8. The standard InChI is InChI=1S/C57H35N5/c1-3-17-38(18-4-1)55-58-56(40-28-27-36-15-7-8-19-39(36)35-40)60-57(59-55)47-31-33-49(44-24-12-11-23-43(44)47)62-50-32-29-37-16-9-10-22-42(37)52(50)53-51(62)34-30-46-45-25-13-14-26-48(45)61(54(46)53)41-20-5-2-6-21-41/h1-35H. The Kier molecular flexibility index (Phi) is 7.54. The molecule has 288 valence electrons. The fourth-order valence-corrected chi connectivity index (χ4v) is 9.77. The Balaban J connectivity index is 1.10.